The monoisotopic (exact) mass is 398 g/mol. The molecule has 0 aliphatic carbocycles. The van der Waals surface area contributed by atoms with Gasteiger partial charge in [0.2, 0.25) is 0 Å². The van der Waals surface area contributed by atoms with Crippen molar-refractivity contribution in [2.75, 3.05) is 0 Å². The predicted molar refractivity (Wildman–Crippen MR) is 111 cm³/mol. The van der Waals surface area contributed by atoms with Crippen molar-refractivity contribution in [1.82, 2.24) is 12.3 Å². The molecule has 160 valence electrons. The van der Waals surface area contributed by atoms with Crippen molar-refractivity contribution in [2.24, 2.45) is 0 Å². The summed E-state index contributed by atoms with van der Waals surface area (Å²) in [5.41, 5.74) is 3.02. The van der Waals surface area contributed by atoms with Crippen LogP contribution in [0.4, 0.5) is 0 Å². The number of rotatable bonds is 10. The van der Waals surface area contributed by atoms with Crippen LogP contribution < -0.4 is 12.3 Å². The predicted octanol–water partition coefficient (Wildman–Crippen LogP) is 5.72. The Labute approximate surface area is 161 Å². The van der Waals surface area contributed by atoms with Crippen LogP contribution >= 0.6 is 0 Å². The summed E-state index contributed by atoms with van der Waals surface area (Å²) >= 11 is 0. The van der Waals surface area contributed by atoms with E-state index < -0.39 is 10.4 Å². The number of ether oxygens (including phenoxy) is 1. The van der Waals surface area contributed by atoms with Crippen molar-refractivity contribution in [3.63, 3.8) is 0 Å². The molecule has 0 radical (unpaired) electrons. The number of hydrogen-bond acceptors (Lipinski definition) is 5. The Morgan fingerprint density at radius 3 is 1.15 bits per heavy atom. The quantitative estimate of drug-likeness (QED) is 0.271. The summed E-state index contributed by atoms with van der Waals surface area (Å²) in [6, 6.07) is 0. The van der Waals surface area contributed by atoms with E-state index in [-0.39, 0.29) is 24.5 Å². The molecule has 2 unspecified atom stereocenters. The molecule has 8 N–H and O–H groups in total. The summed E-state index contributed by atoms with van der Waals surface area (Å²) in [6.45, 7) is 13.3. The van der Waals surface area contributed by atoms with Gasteiger partial charge in [0, 0.05) is 0 Å². The molecule has 0 heterocycles. The first-order chi connectivity index (χ1) is 11.1. The van der Waals surface area contributed by atoms with Gasteiger partial charge in [-0.3, -0.25) is 9.11 Å². The van der Waals surface area contributed by atoms with Crippen molar-refractivity contribution in [3.8, 4) is 0 Å². The Morgan fingerprint density at radius 1 is 0.769 bits per heavy atom. The average Bonchev–Trinajstić information content (AvgIpc) is 2.53. The van der Waals surface area contributed by atoms with E-state index >= 15 is 0 Å². The van der Waals surface area contributed by atoms with E-state index in [1.807, 2.05) is 0 Å². The van der Waals surface area contributed by atoms with Crippen molar-refractivity contribution < 1.29 is 22.3 Å². The highest BCUT2D eigenvalue weighted by atomic mass is 32.3. The van der Waals surface area contributed by atoms with E-state index in [4.69, 9.17) is 22.3 Å². The zero-order valence-electron chi connectivity index (χ0n) is 17.5. The molecule has 0 spiro atoms. The first-order valence-electron chi connectivity index (χ1n) is 8.89. The Balaban J connectivity index is -0.000000304. The lowest BCUT2D eigenvalue weighted by Gasteiger charge is -2.21. The summed E-state index contributed by atoms with van der Waals surface area (Å²) in [6.07, 6.45) is 11.9. The van der Waals surface area contributed by atoms with Crippen molar-refractivity contribution in [1.29, 1.82) is 0 Å². The summed E-state index contributed by atoms with van der Waals surface area (Å²) in [5.74, 6) is 0. The van der Waals surface area contributed by atoms with Crippen LogP contribution in [0.5, 0.6) is 0 Å². The molecular formula is C18H42N2O5S. The highest BCUT2D eigenvalue weighted by Crippen LogP contribution is 2.17. The summed E-state index contributed by atoms with van der Waals surface area (Å²) in [4.78, 5) is 0. The molecule has 0 bridgehead atoms. The fraction of sp³-hybridized carbons (Fsp3) is 0.778. The van der Waals surface area contributed by atoms with E-state index in [0.717, 1.165) is 38.5 Å². The van der Waals surface area contributed by atoms with Crippen molar-refractivity contribution >= 4 is 10.4 Å². The topological polar surface area (TPSA) is 154 Å². The number of allylic oxidation sites excluding steroid dienone is 2. The summed E-state index contributed by atoms with van der Waals surface area (Å²) in [5, 5.41) is 0. The molecule has 0 amide bonds. The maximum atomic E-state index is 8.74. The normalized spacial score (nSPS) is 12.3. The molecular weight excluding hydrogens is 356 g/mol. The molecule has 0 aliphatic rings. The second-order valence-electron chi connectivity index (χ2n) is 5.54. The Morgan fingerprint density at radius 2 is 1.00 bits per heavy atom. The lowest BCUT2D eigenvalue weighted by Crippen LogP contribution is -2.19. The standard InChI is InChI=1S/C18H34O.2H3N.H2O4S/c1-7-15(8-2)13-17(11-5)19-18(12-6)14-16(9-3)10-4;;;1-5(2,3)4/h13-14,17-18H,7-12H2,1-6H3;2*1H3;(H2,1,2,3,4). The Bertz CT molecular complexity index is 428. The van der Waals surface area contributed by atoms with Gasteiger partial charge in [-0.2, -0.15) is 8.42 Å². The minimum atomic E-state index is -4.67. The molecule has 0 saturated heterocycles. The van der Waals surface area contributed by atoms with Crippen molar-refractivity contribution in [2.45, 2.75) is 92.3 Å². The lowest BCUT2D eigenvalue weighted by molar-refractivity contribution is 0.0364. The fourth-order valence-electron chi connectivity index (χ4n) is 2.23. The van der Waals surface area contributed by atoms with Crippen LogP contribution in [0.3, 0.4) is 0 Å². The van der Waals surface area contributed by atoms with Crippen molar-refractivity contribution in [3.05, 3.63) is 23.3 Å². The molecule has 0 aromatic rings. The van der Waals surface area contributed by atoms with Gasteiger partial charge in [-0.05, 0) is 38.5 Å². The largest absolute Gasteiger partial charge is 0.394 e. The summed E-state index contributed by atoms with van der Waals surface area (Å²) < 4.78 is 37.8. The minimum Gasteiger partial charge on any atom is -0.367 e. The Hall–Kier alpha value is -0.770. The van der Waals surface area contributed by atoms with Gasteiger partial charge in [-0.25, -0.2) is 0 Å². The second-order valence-corrected chi connectivity index (χ2v) is 6.44. The maximum absolute atomic E-state index is 8.74. The van der Waals surface area contributed by atoms with Gasteiger partial charge in [0.15, 0.2) is 0 Å². The molecule has 26 heavy (non-hydrogen) atoms. The fourth-order valence-corrected chi connectivity index (χ4v) is 2.23. The smallest absolute Gasteiger partial charge is 0.367 e. The summed E-state index contributed by atoms with van der Waals surface area (Å²) in [7, 11) is -4.67. The molecule has 0 fully saturated rings. The third-order valence-electron chi connectivity index (χ3n) is 3.81. The van der Waals surface area contributed by atoms with Gasteiger partial charge in [-0.1, -0.05) is 64.8 Å². The molecule has 0 saturated carbocycles. The molecule has 2 atom stereocenters. The van der Waals surface area contributed by atoms with Gasteiger partial charge in [0.05, 0.1) is 12.2 Å². The lowest BCUT2D eigenvalue weighted by atomic mass is 10.1. The average molecular weight is 399 g/mol. The van der Waals surface area contributed by atoms with Crippen LogP contribution in [0.1, 0.15) is 80.1 Å². The van der Waals surface area contributed by atoms with Gasteiger partial charge < -0.3 is 17.0 Å². The van der Waals surface area contributed by atoms with Gasteiger partial charge in [0.1, 0.15) is 0 Å². The molecule has 0 aliphatic heterocycles. The van der Waals surface area contributed by atoms with Crippen LogP contribution in [0.2, 0.25) is 0 Å². The van der Waals surface area contributed by atoms with Gasteiger partial charge >= 0.3 is 10.4 Å². The van der Waals surface area contributed by atoms with Gasteiger partial charge in [0.25, 0.3) is 0 Å². The van der Waals surface area contributed by atoms with E-state index in [1.54, 1.807) is 0 Å². The van der Waals surface area contributed by atoms with Crippen LogP contribution in [0.25, 0.3) is 0 Å². The SMILES string of the molecule is CCC(=CC(CC)OC(C=C(CC)CC)CC)CC.N.N.O=S(=O)(O)O. The third-order valence-corrected chi connectivity index (χ3v) is 3.81. The third kappa shape index (κ3) is 21.3. The molecule has 8 heteroatoms. The highest BCUT2D eigenvalue weighted by Gasteiger charge is 2.11. The van der Waals surface area contributed by atoms with Gasteiger partial charge in [-0.15, -0.1) is 0 Å². The molecule has 0 aromatic carbocycles. The van der Waals surface area contributed by atoms with E-state index in [1.165, 1.54) is 11.1 Å². The first-order valence-corrected chi connectivity index (χ1v) is 10.3. The molecule has 0 rings (SSSR count). The van der Waals surface area contributed by atoms with Crippen LogP contribution in [0.15, 0.2) is 23.3 Å². The molecule has 0 aromatic heterocycles. The zero-order valence-corrected chi connectivity index (χ0v) is 18.3. The first kappa shape index (κ1) is 32.9. The van der Waals surface area contributed by atoms with E-state index in [0.29, 0.717) is 0 Å². The van der Waals surface area contributed by atoms with Crippen LogP contribution in [-0.2, 0) is 15.1 Å². The second kappa shape index (κ2) is 19.0. The minimum absolute atomic E-state index is 0. The maximum Gasteiger partial charge on any atom is 0.394 e. The Kier molecular flexibility index (Phi) is 24.0. The highest BCUT2D eigenvalue weighted by molar-refractivity contribution is 7.79. The van der Waals surface area contributed by atoms with Crippen LogP contribution in [0, 0.1) is 0 Å². The van der Waals surface area contributed by atoms with E-state index in [2.05, 4.69) is 53.7 Å². The van der Waals surface area contributed by atoms with Crippen LogP contribution in [-0.4, -0.2) is 29.7 Å². The zero-order chi connectivity index (χ0) is 19.2. The molecule has 7 nitrogen and oxygen atoms in total. The van der Waals surface area contributed by atoms with E-state index in [9.17, 15) is 0 Å². The number of hydrogen-bond donors (Lipinski definition) is 4.